The number of unbranched alkanes of at least 4 members (excludes halogenated alkanes) is 13. The molecule has 0 rings (SSSR count). The van der Waals surface area contributed by atoms with E-state index in [9.17, 15) is 4.57 Å². The fourth-order valence-electron chi connectivity index (χ4n) is 2.58. The molecule has 0 heterocycles. The van der Waals surface area contributed by atoms with Crippen LogP contribution in [0, 0.1) is 0 Å². The van der Waals surface area contributed by atoms with E-state index in [1.165, 1.54) is 97.2 Å². The summed E-state index contributed by atoms with van der Waals surface area (Å²) in [5.41, 5.74) is 0. The number of rotatable bonds is 17. The summed E-state index contributed by atoms with van der Waals surface area (Å²) < 4.78 is 21.5. The Kier molecular flexibility index (Phi) is 16.1. The lowest BCUT2D eigenvalue weighted by molar-refractivity contribution is 0.233. The first-order valence-corrected chi connectivity index (χ1v) is 11.4. The van der Waals surface area contributed by atoms with Gasteiger partial charge in [0.1, 0.15) is 0 Å². The average Bonchev–Trinajstić information content (AvgIpc) is 2.51. The third-order valence-corrected chi connectivity index (χ3v) is 5.47. The zero-order chi connectivity index (χ0) is 16.5. The molecule has 0 spiro atoms. The SMILES string of the molecule is CCCCCCCCCCCCCCCCOP(C)(=O)OC. The minimum absolute atomic E-state index is 0.555. The summed E-state index contributed by atoms with van der Waals surface area (Å²) in [5.74, 6) is 0. The second-order valence-electron chi connectivity index (χ2n) is 6.38. The highest BCUT2D eigenvalue weighted by molar-refractivity contribution is 7.52. The lowest BCUT2D eigenvalue weighted by Gasteiger charge is -2.10. The van der Waals surface area contributed by atoms with E-state index < -0.39 is 7.60 Å². The molecule has 0 amide bonds. The van der Waals surface area contributed by atoms with Crippen LogP contribution >= 0.6 is 7.60 Å². The molecule has 0 N–H and O–H groups in total. The van der Waals surface area contributed by atoms with Crippen LogP contribution in [0.2, 0.25) is 0 Å². The lowest BCUT2D eigenvalue weighted by Crippen LogP contribution is -1.94. The fraction of sp³-hybridized carbons (Fsp3) is 1.00. The molecule has 0 aliphatic heterocycles. The minimum Gasteiger partial charge on any atom is -0.312 e. The van der Waals surface area contributed by atoms with E-state index in [4.69, 9.17) is 9.05 Å². The van der Waals surface area contributed by atoms with Crippen LogP contribution in [0.25, 0.3) is 0 Å². The zero-order valence-corrected chi connectivity index (χ0v) is 16.2. The van der Waals surface area contributed by atoms with E-state index in [1.807, 2.05) is 0 Å². The van der Waals surface area contributed by atoms with Crippen LogP contribution in [-0.2, 0) is 13.6 Å². The molecule has 0 fully saturated rings. The number of hydrogen-bond acceptors (Lipinski definition) is 3. The van der Waals surface area contributed by atoms with Gasteiger partial charge in [0.25, 0.3) is 0 Å². The van der Waals surface area contributed by atoms with Crippen molar-refractivity contribution in [3.05, 3.63) is 0 Å². The maximum Gasteiger partial charge on any atom is 0.327 e. The highest BCUT2D eigenvalue weighted by atomic mass is 31.2. The summed E-state index contributed by atoms with van der Waals surface area (Å²) in [6.07, 6.45) is 18.8. The predicted octanol–water partition coefficient (Wildman–Crippen LogP) is 6.95. The molecule has 3 nitrogen and oxygen atoms in total. The second-order valence-corrected chi connectivity index (χ2v) is 8.55. The third-order valence-electron chi connectivity index (χ3n) is 4.16. The van der Waals surface area contributed by atoms with Crippen molar-refractivity contribution < 1.29 is 13.6 Å². The van der Waals surface area contributed by atoms with Crippen molar-refractivity contribution in [2.24, 2.45) is 0 Å². The van der Waals surface area contributed by atoms with Crippen LogP contribution in [0.1, 0.15) is 96.8 Å². The first kappa shape index (κ1) is 22.1. The molecule has 0 aliphatic carbocycles. The van der Waals surface area contributed by atoms with E-state index >= 15 is 0 Å². The molecular formula is C18H39O3P. The van der Waals surface area contributed by atoms with Gasteiger partial charge in [0.05, 0.1) is 6.61 Å². The van der Waals surface area contributed by atoms with Gasteiger partial charge in [-0.15, -0.1) is 0 Å². The van der Waals surface area contributed by atoms with Crippen LogP contribution in [0.5, 0.6) is 0 Å². The van der Waals surface area contributed by atoms with Gasteiger partial charge in [0.15, 0.2) is 0 Å². The maximum absolute atomic E-state index is 11.5. The molecule has 0 bridgehead atoms. The Morgan fingerprint density at radius 3 is 1.41 bits per heavy atom. The molecule has 4 heteroatoms. The summed E-state index contributed by atoms with van der Waals surface area (Å²) >= 11 is 0. The molecule has 0 radical (unpaired) electrons. The Balaban J connectivity index is 3.07. The van der Waals surface area contributed by atoms with Gasteiger partial charge in [-0.05, 0) is 6.42 Å². The molecule has 0 saturated heterocycles. The van der Waals surface area contributed by atoms with Gasteiger partial charge in [-0.3, -0.25) is 4.57 Å². The normalized spacial score (nSPS) is 14.1. The van der Waals surface area contributed by atoms with Crippen molar-refractivity contribution in [2.75, 3.05) is 20.4 Å². The van der Waals surface area contributed by atoms with Crippen LogP contribution in [-0.4, -0.2) is 20.4 Å². The monoisotopic (exact) mass is 334 g/mol. The van der Waals surface area contributed by atoms with Crippen LogP contribution in [0.4, 0.5) is 0 Å². The standard InChI is InChI=1S/C18H39O3P/c1-4-5-6-7-8-9-10-11-12-13-14-15-16-17-18-21-22(3,19)20-2/h4-18H2,1-3H3. The molecule has 1 atom stereocenters. The summed E-state index contributed by atoms with van der Waals surface area (Å²) in [6, 6.07) is 0. The largest absolute Gasteiger partial charge is 0.327 e. The summed E-state index contributed by atoms with van der Waals surface area (Å²) in [7, 11) is -1.32. The van der Waals surface area contributed by atoms with Crippen molar-refractivity contribution in [3.63, 3.8) is 0 Å². The van der Waals surface area contributed by atoms with E-state index in [-0.39, 0.29) is 0 Å². The Hall–Kier alpha value is 0.150. The van der Waals surface area contributed by atoms with Crippen molar-refractivity contribution in [3.8, 4) is 0 Å². The third kappa shape index (κ3) is 16.5. The highest BCUT2D eigenvalue weighted by Gasteiger charge is 2.12. The van der Waals surface area contributed by atoms with Gasteiger partial charge in [-0.2, -0.15) is 0 Å². The average molecular weight is 334 g/mol. The van der Waals surface area contributed by atoms with Crippen molar-refractivity contribution in [1.82, 2.24) is 0 Å². The van der Waals surface area contributed by atoms with Crippen LogP contribution in [0.15, 0.2) is 0 Å². The lowest BCUT2D eigenvalue weighted by atomic mass is 10.0. The first-order chi connectivity index (χ1) is 10.6. The minimum atomic E-state index is -2.76. The van der Waals surface area contributed by atoms with Crippen LogP contribution in [0.3, 0.4) is 0 Å². The Morgan fingerprint density at radius 1 is 0.682 bits per heavy atom. The topological polar surface area (TPSA) is 35.5 Å². The smallest absolute Gasteiger partial charge is 0.312 e. The van der Waals surface area contributed by atoms with Crippen molar-refractivity contribution in [1.29, 1.82) is 0 Å². The predicted molar refractivity (Wildman–Crippen MR) is 96.8 cm³/mol. The molecule has 134 valence electrons. The number of hydrogen-bond donors (Lipinski definition) is 0. The van der Waals surface area contributed by atoms with E-state index in [1.54, 1.807) is 0 Å². The first-order valence-electron chi connectivity index (χ1n) is 9.40. The van der Waals surface area contributed by atoms with Crippen LogP contribution < -0.4 is 0 Å². The zero-order valence-electron chi connectivity index (χ0n) is 15.3. The van der Waals surface area contributed by atoms with Gasteiger partial charge in [-0.25, -0.2) is 0 Å². The van der Waals surface area contributed by atoms with Crippen molar-refractivity contribution in [2.45, 2.75) is 96.8 Å². The Labute approximate surface area is 139 Å². The molecule has 0 aromatic carbocycles. The molecule has 0 saturated carbocycles. The molecule has 22 heavy (non-hydrogen) atoms. The molecule has 0 aliphatic rings. The quantitative estimate of drug-likeness (QED) is 0.213. The van der Waals surface area contributed by atoms with Crippen molar-refractivity contribution >= 4 is 7.60 Å². The van der Waals surface area contributed by atoms with E-state index in [0.29, 0.717) is 6.61 Å². The molecular weight excluding hydrogens is 295 g/mol. The molecule has 0 aromatic rings. The van der Waals surface area contributed by atoms with Gasteiger partial charge in [0, 0.05) is 13.8 Å². The highest BCUT2D eigenvalue weighted by Crippen LogP contribution is 2.42. The van der Waals surface area contributed by atoms with Gasteiger partial charge in [-0.1, -0.05) is 90.4 Å². The summed E-state index contributed by atoms with van der Waals surface area (Å²) in [5, 5.41) is 0. The Morgan fingerprint density at radius 2 is 1.05 bits per heavy atom. The molecule has 0 aromatic heterocycles. The van der Waals surface area contributed by atoms with Gasteiger partial charge < -0.3 is 9.05 Å². The van der Waals surface area contributed by atoms with Gasteiger partial charge in [0.2, 0.25) is 0 Å². The van der Waals surface area contributed by atoms with E-state index in [2.05, 4.69) is 6.92 Å². The Bertz CT molecular complexity index is 269. The second kappa shape index (κ2) is 16.0. The van der Waals surface area contributed by atoms with Gasteiger partial charge >= 0.3 is 7.60 Å². The maximum atomic E-state index is 11.5. The summed E-state index contributed by atoms with van der Waals surface area (Å²) in [6.45, 7) is 4.35. The summed E-state index contributed by atoms with van der Waals surface area (Å²) in [4.78, 5) is 0. The molecule has 1 unspecified atom stereocenters. The fourth-order valence-corrected chi connectivity index (χ4v) is 3.15. The van der Waals surface area contributed by atoms with E-state index in [0.717, 1.165) is 6.42 Å².